The Kier molecular flexibility index (Phi) is 2.57. The zero-order valence-electron chi connectivity index (χ0n) is 21.2. The monoisotopic (exact) mass is 370 g/mol. The first-order valence-electron chi connectivity index (χ1n) is 11.9. The third-order valence-corrected chi connectivity index (χ3v) is 4.87. The number of hydrogen-bond donors (Lipinski definition) is 0. The lowest BCUT2D eigenvalue weighted by Gasteiger charge is -2.09. The van der Waals surface area contributed by atoms with E-state index < -0.39 is 13.7 Å². The molecule has 0 unspecified atom stereocenters. The second-order valence-electron chi connectivity index (χ2n) is 6.81. The number of aromatic nitrogens is 2. The average molecular weight is 370 g/mol. The Bertz CT molecular complexity index is 1530. The van der Waals surface area contributed by atoms with E-state index in [9.17, 15) is 0 Å². The second kappa shape index (κ2) is 6.31. The van der Waals surface area contributed by atoms with E-state index in [1.54, 1.807) is 24.3 Å². The van der Waals surface area contributed by atoms with E-state index in [1.807, 2.05) is 37.3 Å². The molecule has 5 aromatic rings. The number of nitrogens with zero attached hydrogens (tertiary/aromatic N) is 2. The maximum absolute atomic E-state index is 8.03. The van der Waals surface area contributed by atoms with Gasteiger partial charge in [-0.2, -0.15) is 0 Å². The van der Waals surface area contributed by atoms with Crippen LogP contribution in [0.25, 0.3) is 44.5 Å². The summed E-state index contributed by atoms with van der Waals surface area (Å²) in [6.07, 6.45) is 1.33. The number of fused-ring (bicyclic) bond motifs is 3. The standard InChI is InChI=1S/C25H20N2O/c1-15-4-11-23(26-14-15)19-7-5-16(2)22(12-19)18-8-10-20-21-9-6-17(3)27-25(21)28-24(20)13-18/h4-14H,1-3H3/i1D3,2D3. The van der Waals surface area contributed by atoms with Crippen molar-refractivity contribution in [3.05, 3.63) is 83.7 Å². The van der Waals surface area contributed by atoms with Gasteiger partial charge in [-0.15, -0.1) is 0 Å². The lowest BCUT2D eigenvalue weighted by Crippen LogP contribution is -1.88. The van der Waals surface area contributed by atoms with Crippen LogP contribution >= 0.6 is 0 Å². The predicted octanol–water partition coefficient (Wildman–Crippen LogP) is 6.64. The van der Waals surface area contributed by atoms with Gasteiger partial charge in [-0.25, -0.2) is 4.98 Å². The molecule has 0 aliphatic carbocycles. The number of benzene rings is 2. The maximum Gasteiger partial charge on any atom is 0.227 e. The summed E-state index contributed by atoms with van der Waals surface area (Å²) in [5.41, 5.74) is 4.82. The lowest BCUT2D eigenvalue weighted by molar-refractivity contribution is 0.653. The molecule has 0 amide bonds. The molecule has 2 aromatic carbocycles. The Morgan fingerprint density at radius 2 is 1.75 bits per heavy atom. The molecule has 0 atom stereocenters. The average Bonchev–Trinajstić information content (AvgIpc) is 3.14. The normalized spacial score (nSPS) is 15.5. The van der Waals surface area contributed by atoms with E-state index in [0.29, 0.717) is 33.7 Å². The van der Waals surface area contributed by atoms with Gasteiger partial charge in [-0.05, 0) is 79.3 Å². The first-order valence-corrected chi connectivity index (χ1v) is 8.92. The van der Waals surface area contributed by atoms with Gasteiger partial charge in [0, 0.05) is 36.5 Å². The molecule has 0 N–H and O–H groups in total. The van der Waals surface area contributed by atoms with Crippen molar-refractivity contribution >= 4 is 22.1 Å². The van der Waals surface area contributed by atoms with Crippen LogP contribution in [0.2, 0.25) is 0 Å². The molecule has 3 nitrogen and oxygen atoms in total. The van der Waals surface area contributed by atoms with Gasteiger partial charge in [-0.1, -0.05) is 24.3 Å². The van der Waals surface area contributed by atoms with Gasteiger partial charge in [0.2, 0.25) is 5.71 Å². The summed E-state index contributed by atoms with van der Waals surface area (Å²) >= 11 is 0. The van der Waals surface area contributed by atoms with Gasteiger partial charge >= 0.3 is 0 Å². The molecule has 3 aromatic heterocycles. The molecular weight excluding hydrogens is 344 g/mol. The molecule has 28 heavy (non-hydrogen) atoms. The zero-order valence-corrected chi connectivity index (χ0v) is 15.2. The predicted molar refractivity (Wildman–Crippen MR) is 114 cm³/mol. The largest absolute Gasteiger partial charge is 0.438 e. The third-order valence-electron chi connectivity index (χ3n) is 4.87. The number of hydrogen-bond acceptors (Lipinski definition) is 3. The summed E-state index contributed by atoms with van der Waals surface area (Å²) in [6.45, 7) is -2.67. The van der Waals surface area contributed by atoms with Crippen LogP contribution in [0.1, 0.15) is 25.0 Å². The van der Waals surface area contributed by atoms with E-state index in [4.69, 9.17) is 12.6 Å². The molecule has 0 bridgehead atoms. The van der Waals surface area contributed by atoms with Crippen molar-refractivity contribution in [2.45, 2.75) is 20.6 Å². The Labute approximate surface area is 172 Å². The first-order chi connectivity index (χ1) is 16.0. The van der Waals surface area contributed by atoms with Crippen LogP contribution in [-0.4, -0.2) is 9.97 Å². The highest BCUT2D eigenvalue weighted by Crippen LogP contribution is 2.34. The zero-order chi connectivity index (χ0) is 24.3. The molecule has 0 fully saturated rings. The molecule has 0 saturated carbocycles. The van der Waals surface area contributed by atoms with E-state index in [1.165, 1.54) is 12.3 Å². The van der Waals surface area contributed by atoms with Gasteiger partial charge in [0.05, 0.1) is 5.69 Å². The van der Waals surface area contributed by atoms with Crippen molar-refractivity contribution < 1.29 is 12.6 Å². The highest BCUT2D eigenvalue weighted by molar-refractivity contribution is 6.04. The lowest BCUT2D eigenvalue weighted by atomic mass is 9.96. The molecule has 3 heterocycles. The molecule has 5 rings (SSSR count). The van der Waals surface area contributed by atoms with Crippen molar-refractivity contribution in [1.29, 1.82) is 0 Å². The molecule has 0 saturated heterocycles. The SMILES string of the molecule is [2H]C([2H])([2H])c1ccc(-c2ccc(C([2H])([2H])[2H])c(-c3ccc4c(c3)oc3nc(C)ccc34)c2)nc1. The van der Waals surface area contributed by atoms with Crippen molar-refractivity contribution in [2.75, 3.05) is 0 Å². The van der Waals surface area contributed by atoms with Gasteiger partial charge in [0.25, 0.3) is 0 Å². The fraction of sp³-hybridized carbons (Fsp3) is 0.120. The molecule has 0 radical (unpaired) electrons. The van der Waals surface area contributed by atoms with Crippen LogP contribution in [-0.2, 0) is 0 Å². The summed E-state index contributed by atoms with van der Waals surface area (Å²) < 4.78 is 52.6. The van der Waals surface area contributed by atoms with Crippen molar-refractivity contribution in [2.24, 2.45) is 0 Å². The number of aryl methyl sites for hydroxylation is 3. The van der Waals surface area contributed by atoms with Gasteiger partial charge in [-0.3, -0.25) is 4.98 Å². The summed E-state index contributed by atoms with van der Waals surface area (Å²) in [4.78, 5) is 8.75. The quantitative estimate of drug-likeness (QED) is 0.350. The van der Waals surface area contributed by atoms with Crippen LogP contribution in [0.4, 0.5) is 0 Å². The molecule has 0 spiro atoms. The molecule has 3 heteroatoms. The minimum absolute atomic E-state index is 0.148. The van der Waals surface area contributed by atoms with Gasteiger partial charge < -0.3 is 4.42 Å². The van der Waals surface area contributed by atoms with Crippen LogP contribution in [0, 0.1) is 20.6 Å². The van der Waals surface area contributed by atoms with Crippen LogP contribution in [0.3, 0.4) is 0 Å². The van der Waals surface area contributed by atoms with Gasteiger partial charge in [0.1, 0.15) is 5.58 Å². The molecule has 136 valence electrons. The topological polar surface area (TPSA) is 38.9 Å². The fourth-order valence-electron chi connectivity index (χ4n) is 3.42. The summed E-state index contributed by atoms with van der Waals surface area (Å²) in [7, 11) is 0. The van der Waals surface area contributed by atoms with E-state index in [2.05, 4.69) is 9.97 Å². The van der Waals surface area contributed by atoms with E-state index >= 15 is 0 Å². The Morgan fingerprint density at radius 3 is 2.57 bits per heavy atom. The summed E-state index contributed by atoms with van der Waals surface area (Å²) in [5, 5.41) is 1.80. The summed E-state index contributed by atoms with van der Waals surface area (Å²) in [6, 6.07) is 17.7. The van der Waals surface area contributed by atoms with Crippen molar-refractivity contribution in [1.82, 2.24) is 9.97 Å². The van der Waals surface area contributed by atoms with Crippen LogP contribution < -0.4 is 0 Å². The molecular formula is C25H20N2O. The first kappa shape index (κ1) is 11.4. The minimum atomic E-state index is -2.33. The van der Waals surface area contributed by atoms with Crippen molar-refractivity contribution in [3.63, 3.8) is 0 Å². The van der Waals surface area contributed by atoms with Crippen LogP contribution in [0.5, 0.6) is 0 Å². The summed E-state index contributed by atoms with van der Waals surface area (Å²) in [5.74, 6) is 0. The third kappa shape index (κ3) is 2.76. The van der Waals surface area contributed by atoms with Crippen LogP contribution in [0.15, 0.2) is 71.3 Å². The smallest absolute Gasteiger partial charge is 0.227 e. The fourth-order valence-corrected chi connectivity index (χ4v) is 3.42. The number of pyridine rings is 2. The second-order valence-corrected chi connectivity index (χ2v) is 6.81. The highest BCUT2D eigenvalue weighted by Gasteiger charge is 2.11. The Hall–Kier alpha value is -3.46. The Balaban J connectivity index is 1.66. The van der Waals surface area contributed by atoms with Gasteiger partial charge in [0.15, 0.2) is 0 Å². The van der Waals surface area contributed by atoms with Crippen molar-refractivity contribution in [3.8, 4) is 22.4 Å². The minimum Gasteiger partial charge on any atom is -0.438 e. The van der Waals surface area contributed by atoms with E-state index in [0.717, 1.165) is 16.5 Å². The molecule has 0 aliphatic heterocycles. The maximum atomic E-state index is 8.03. The number of furan rings is 1. The Morgan fingerprint density at radius 1 is 0.857 bits per heavy atom. The number of rotatable bonds is 2. The van der Waals surface area contributed by atoms with E-state index in [-0.39, 0.29) is 11.1 Å². The molecule has 0 aliphatic rings. The highest BCUT2D eigenvalue weighted by atomic mass is 16.3.